The van der Waals surface area contributed by atoms with E-state index < -0.39 is 0 Å². The first-order valence-electron chi connectivity index (χ1n) is 0.724. The van der Waals surface area contributed by atoms with Crippen molar-refractivity contribution in [3.8, 4) is 5.97 Å². The van der Waals surface area contributed by atoms with Crippen LogP contribution in [0.25, 0.3) is 0 Å². The molecule has 0 saturated heterocycles. The van der Waals surface area contributed by atoms with Crippen molar-refractivity contribution in [2.45, 2.75) is 0 Å². The first-order chi connectivity index (χ1) is 2.41. The number of hydrogen-bond donors (Lipinski definition) is 0. The summed E-state index contributed by atoms with van der Waals surface area (Å²) >= 11 is 0. The molecule has 0 aliphatic carbocycles. The Labute approximate surface area is 61.7 Å². The minimum Gasteiger partial charge on any atom is -0.251 e. The molecule has 0 aromatic heterocycles. The van der Waals surface area contributed by atoms with Gasteiger partial charge in [-0.1, -0.05) is 0 Å². The smallest absolute Gasteiger partial charge is 0.251 e. The third kappa shape index (κ3) is 536. The van der Waals surface area contributed by atoms with Gasteiger partial charge in [0.1, 0.15) is 0 Å². The van der Waals surface area contributed by atoms with Gasteiger partial charge in [-0.3, -0.25) is 5.26 Å². The van der Waals surface area contributed by atoms with Gasteiger partial charge < -0.3 is 0 Å². The van der Waals surface area contributed by atoms with Crippen LogP contribution in [-0.2, 0) is 0 Å². The Hall–Kier alpha value is 0.295. The van der Waals surface area contributed by atoms with Crippen LogP contribution in [0.1, 0.15) is 0 Å². The standard InChI is InChI=1S/C2H4.CH3BN.Na/c1-2;2-1-3;/h1-2H2;2H3;/q;-1;+1. The zero-order valence-corrected chi connectivity index (χ0v) is 5.36. The summed E-state index contributed by atoms with van der Waals surface area (Å²) in [5, 5.41) is 7.43. The minimum atomic E-state index is 0. The zero-order valence-electron chi connectivity index (χ0n) is 3.36. The van der Waals surface area contributed by atoms with Crippen LogP contribution in [0.15, 0.2) is 13.2 Å². The monoisotopic (exact) mass is 91.1 g/mol. The molecule has 0 rings (SSSR count). The quantitative estimate of drug-likeness (QED) is 0.225. The fraction of sp³-hybridized carbons (Fsp3) is 0. The Morgan fingerprint density at radius 3 is 1.50 bits per heavy atom. The van der Waals surface area contributed by atoms with Gasteiger partial charge in [0.05, 0.1) is 7.85 Å². The second kappa shape index (κ2) is 58.2. The van der Waals surface area contributed by atoms with Crippen LogP contribution >= 0.6 is 0 Å². The molecule has 0 aliphatic heterocycles. The summed E-state index contributed by atoms with van der Waals surface area (Å²) in [5.41, 5.74) is 0. The van der Waals surface area contributed by atoms with Gasteiger partial charge in [0, 0.05) is 0 Å². The van der Waals surface area contributed by atoms with Gasteiger partial charge in [-0.15, -0.1) is 13.2 Å². The van der Waals surface area contributed by atoms with E-state index in [1.807, 2.05) is 5.97 Å². The van der Waals surface area contributed by atoms with Crippen molar-refractivity contribution < 1.29 is 29.6 Å². The minimum absolute atomic E-state index is 0. The summed E-state index contributed by atoms with van der Waals surface area (Å²) in [5.74, 6) is 2.00. The molecule has 0 spiro atoms. The van der Waals surface area contributed by atoms with E-state index in [0.29, 0.717) is 0 Å². The van der Waals surface area contributed by atoms with Gasteiger partial charge in [-0.2, -0.15) is 5.97 Å². The van der Waals surface area contributed by atoms with E-state index in [1.165, 1.54) is 0 Å². The van der Waals surface area contributed by atoms with Gasteiger partial charge in [-0.05, 0) is 0 Å². The molecular formula is C3H7BNNa. The normalized spacial score (nSPS) is 2.00. The molecular weight excluding hydrogens is 83.8 g/mol. The average Bonchev–Trinajstić information content (AvgIpc) is 1.46. The Kier molecular flexibility index (Phi) is 158. The summed E-state index contributed by atoms with van der Waals surface area (Å²) in [6.07, 6.45) is 0. The number of nitriles is 1. The number of nitrogens with zero attached hydrogens (tertiary/aromatic N) is 1. The largest absolute Gasteiger partial charge is 1.00 e. The molecule has 6 heavy (non-hydrogen) atoms. The van der Waals surface area contributed by atoms with E-state index in [2.05, 4.69) is 13.2 Å². The molecule has 1 nitrogen and oxygen atoms in total. The molecule has 0 aliphatic rings. The summed E-state index contributed by atoms with van der Waals surface area (Å²) < 4.78 is 0. The van der Waals surface area contributed by atoms with E-state index in [1.54, 1.807) is 0 Å². The van der Waals surface area contributed by atoms with E-state index in [0.717, 1.165) is 0 Å². The Morgan fingerprint density at radius 2 is 1.50 bits per heavy atom. The van der Waals surface area contributed by atoms with Crippen molar-refractivity contribution >= 4 is 7.85 Å². The summed E-state index contributed by atoms with van der Waals surface area (Å²) in [4.78, 5) is 0. The van der Waals surface area contributed by atoms with Crippen LogP contribution in [0.2, 0.25) is 0 Å². The SMILES string of the molecule is C=C.[BH3-]C#N.[Na+]. The molecule has 0 saturated carbocycles. The van der Waals surface area contributed by atoms with Crippen molar-refractivity contribution in [2.24, 2.45) is 0 Å². The topological polar surface area (TPSA) is 23.8 Å². The van der Waals surface area contributed by atoms with E-state index >= 15 is 0 Å². The molecule has 0 radical (unpaired) electrons. The first kappa shape index (κ1) is 16.3. The predicted octanol–water partition coefficient (Wildman–Crippen LogP) is -3.36. The van der Waals surface area contributed by atoms with Gasteiger partial charge in [0.15, 0.2) is 0 Å². The van der Waals surface area contributed by atoms with Crippen LogP contribution in [0.3, 0.4) is 0 Å². The Bertz CT molecular complexity index is 40.5. The van der Waals surface area contributed by atoms with Crippen molar-refractivity contribution in [3.05, 3.63) is 13.2 Å². The molecule has 0 unspecified atom stereocenters. The molecule has 0 atom stereocenters. The van der Waals surface area contributed by atoms with Crippen LogP contribution in [0.4, 0.5) is 0 Å². The van der Waals surface area contributed by atoms with E-state index in [9.17, 15) is 0 Å². The van der Waals surface area contributed by atoms with Crippen LogP contribution in [-0.4, -0.2) is 7.85 Å². The number of hydrogen-bond acceptors (Lipinski definition) is 1. The fourth-order valence-corrected chi connectivity index (χ4v) is 0. The predicted molar refractivity (Wildman–Crippen MR) is 26.8 cm³/mol. The summed E-state index contributed by atoms with van der Waals surface area (Å²) in [6.45, 7) is 6.00. The van der Waals surface area contributed by atoms with Gasteiger partial charge in [-0.25, -0.2) is 0 Å². The molecule has 3 heteroatoms. The summed E-state index contributed by atoms with van der Waals surface area (Å²) in [6, 6.07) is 0. The Morgan fingerprint density at radius 1 is 1.50 bits per heavy atom. The first-order valence-corrected chi connectivity index (χ1v) is 0.724. The van der Waals surface area contributed by atoms with E-state index in [-0.39, 0.29) is 37.4 Å². The van der Waals surface area contributed by atoms with Crippen LogP contribution < -0.4 is 29.6 Å². The van der Waals surface area contributed by atoms with Crippen molar-refractivity contribution in [2.75, 3.05) is 0 Å². The fourth-order valence-electron chi connectivity index (χ4n) is 0. The molecule has 0 amide bonds. The van der Waals surface area contributed by atoms with Gasteiger partial charge in [0.25, 0.3) is 0 Å². The zero-order chi connectivity index (χ0) is 4.71. The average molecular weight is 90.9 g/mol. The summed E-state index contributed by atoms with van der Waals surface area (Å²) in [7, 11) is 0.0694. The molecule has 0 N–H and O–H groups in total. The van der Waals surface area contributed by atoms with Crippen molar-refractivity contribution in [1.82, 2.24) is 0 Å². The number of rotatable bonds is 0. The third-order valence-electron chi connectivity index (χ3n) is 0. The van der Waals surface area contributed by atoms with Crippen LogP contribution in [0.5, 0.6) is 0 Å². The molecule has 0 fully saturated rings. The van der Waals surface area contributed by atoms with E-state index in [4.69, 9.17) is 5.26 Å². The maximum atomic E-state index is 7.43. The second-order valence-corrected chi connectivity index (χ2v) is 0. The maximum absolute atomic E-state index is 7.43. The van der Waals surface area contributed by atoms with Crippen molar-refractivity contribution in [1.29, 1.82) is 5.26 Å². The Balaban J connectivity index is -0.0000000275. The molecule has 28 valence electrons. The van der Waals surface area contributed by atoms with Gasteiger partial charge >= 0.3 is 29.6 Å². The van der Waals surface area contributed by atoms with Gasteiger partial charge in [0.2, 0.25) is 0 Å². The van der Waals surface area contributed by atoms with Crippen LogP contribution in [0, 0.1) is 11.2 Å². The molecule has 0 aromatic carbocycles. The third-order valence-corrected chi connectivity index (χ3v) is 0. The maximum Gasteiger partial charge on any atom is 1.00 e. The molecule has 0 heterocycles. The second-order valence-electron chi connectivity index (χ2n) is 0. The molecule has 0 bridgehead atoms. The van der Waals surface area contributed by atoms with Crippen molar-refractivity contribution in [3.63, 3.8) is 0 Å². The molecule has 0 aromatic rings.